The number of carbonyl (C=O) groups is 1. The van der Waals surface area contributed by atoms with Gasteiger partial charge in [-0.05, 0) is 30.5 Å². The molecule has 70 valence electrons. The molecule has 0 aliphatic heterocycles. The lowest BCUT2D eigenvalue weighted by molar-refractivity contribution is -0.114. The predicted molar refractivity (Wildman–Crippen MR) is 52.7 cm³/mol. The minimum atomic E-state index is -0.0761. The fraction of sp³-hybridized carbons (Fsp3) is 0.400. The van der Waals surface area contributed by atoms with Crippen molar-refractivity contribution in [3.63, 3.8) is 0 Å². The van der Waals surface area contributed by atoms with E-state index in [-0.39, 0.29) is 5.91 Å². The molecule has 0 aliphatic rings. The first-order chi connectivity index (χ1) is 6.15. The van der Waals surface area contributed by atoms with Crippen LogP contribution in [0.3, 0.4) is 0 Å². The molecule has 0 aliphatic carbocycles. The number of nitrogens with one attached hydrogen (secondary N) is 1. The molecular formula is C10H14N2O. The molecular weight excluding hydrogens is 164 g/mol. The first kappa shape index (κ1) is 9.71. The summed E-state index contributed by atoms with van der Waals surface area (Å²) in [5.41, 5.74) is 2.28. The molecule has 0 bridgehead atoms. The molecule has 3 heteroatoms. The summed E-state index contributed by atoms with van der Waals surface area (Å²) in [5, 5.41) is 2.72. The SMILES string of the molecule is CCc1c(C)ccnc1NC(C)=O. The zero-order valence-electron chi connectivity index (χ0n) is 8.22. The topological polar surface area (TPSA) is 42.0 Å². The number of aryl methyl sites for hydroxylation is 1. The third-order valence-electron chi connectivity index (χ3n) is 1.94. The fourth-order valence-corrected chi connectivity index (χ4v) is 1.31. The maximum atomic E-state index is 10.8. The van der Waals surface area contributed by atoms with Crippen LogP contribution in [0.1, 0.15) is 25.0 Å². The van der Waals surface area contributed by atoms with Gasteiger partial charge in [-0.2, -0.15) is 0 Å². The van der Waals surface area contributed by atoms with Crippen LogP contribution in [0.15, 0.2) is 12.3 Å². The first-order valence-electron chi connectivity index (χ1n) is 4.37. The molecule has 0 fully saturated rings. The van der Waals surface area contributed by atoms with Crippen molar-refractivity contribution < 1.29 is 4.79 Å². The van der Waals surface area contributed by atoms with Crippen molar-refractivity contribution in [2.75, 3.05) is 5.32 Å². The highest BCUT2D eigenvalue weighted by atomic mass is 16.1. The van der Waals surface area contributed by atoms with Crippen LogP contribution in [-0.2, 0) is 11.2 Å². The second kappa shape index (κ2) is 4.03. The summed E-state index contributed by atoms with van der Waals surface area (Å²) in [6.07, 6.45) is 2.59. The second-order valence-corrected chi connectivity index (χ2v) is 2.99. The van der Waals surface area contributed by atoms with Crippen LogP contribution in [0, 0.1) is 6.92 Å². The Bertz CT molecular complexity index is 321. The fourth-order valence-electron chi connectivity index (χ4n) is 1.31. The van der Waals surface area contributed by atoms with Gasteiger partial charge in [-0.25, -0.2) is 4.98 Å². The summed E-state index contributed by atoms with van der Waals surface area (Å²) in [7, 11) is 0. The van der Waals surface area contributed by atoms with Gasteiger partial charge in [0.2, 0.25) is 5.91 Å². The van der Waals surface area contributed by atoms with Gasteiger partial charge in [0.1, 0.15) is 5.82 Å². The number of hydrogen-bond donors (Lipinski definition) is 1. The normalized spacial score (nSPS) is 9.77. The van der Waals surface area contributed by atoms with Crippen LogP contribution in [0.4, 0.5) is 5.82 Å². The molecule has 13 heavy (non-hydrogen) atoms. The van der Waals surface area contributed by atoms with E-state index in [0.717, 1.165) is 12.0 Å². The summed E-state index contributed by atoms with van der Waals surface area (Å²) >= 11 is 0. The number of anilines is 1. The van der Waals surface area contributed by atoms with Crippen LogP contribution >= 0.6 is 0 Å². The van der Waals surface area contributed by atoms with E-state index in [2.05, 4.69) is 17.2 Å². The van der Waals surface area contributed by atoms with Crippen LogP contribution < -0.4 is 5.32 Å². The van der Waals surface area contributed by atoms with Crippen LogP contribution in [-0.4, -0.2) is 10.9 Å². The molecule has 0 unspecified atom stereocenters. The van der Waals surface area contributed by atoms with E-state index in [0.29, 0.717) is 5.82 Å². The van der Waals surface area contributed by atoms with E-state index in [1.165, 1.54) is 12.5 Å². The van der Waals surface area contributed by atoms with Crippen molar-refractivity contribution in [2.24, 2.45) is 0 Å². The minimum Gasteiger partial charge on any atom is -0.311 e. The van der Waals surface area contributed by atoms with E-state index >= 15 is 0 Å². The number of hydrogen-bond acceptors (Lipinski definition) is 2. The first-order valence-corrected chi connectivity index (χ1v) is 4.37. The molecule has 3 nitrogen and oxygen atoms in total. The van der Waals surface area contributed by atoms with Gasteiger partial charge in [0.25, 0.3) is 0 Å². The number of nitrogens with zero attached hydrogens (tertiary/aromatic N) is 1. The molecule has 1 N–H and O–H groups in total. The summed E-state index contributed by atoms with van der Waals surface area (Å²) in [6.45, 7) is 5.56. The van der Waals surface area contributed by atoms with Crippen molar-refractivity contribution in [3.05, 3.63) is 23.4 Å². The summed E-state index contributed by atoms with van der Waals surface area (Å²) in [4.78, 5) is 15.0. The van der Waals surface area contributed by atoms with Gasteiger partial charge in [-0.15, -0.1) is 0 Å². The summed E-state index contributed by atoms with van der Waals surface area (Å²) in [5.74, 6) is 0.614. The Kier molecular flexibility index (Phi) is 3.01. The Hall–Kier alpha value is -1.38. The molecule has 0 spiro atoms. The van der Waals surface area contributed by atoms with E-state index in [1.54, 1.807) is 6.20 Å². The van der Waals surface area contributed by atoms with Gasteiger partial charge >= 0.3 is 0 Å². The maximum Gasteiger partial charge on any atom is 0.222 e. The molecule has 1 amide bonds. The van der Waals surface area contributed by atoms with Crippen molar-refractivity contribution in [2.45, 2.75) is 27.2 Å². The third kappa shape index (κ3) is 2.28. The maximum absolute atomic E-state index is 10.8. The quantitative estimate of drug-likeness (QED) is 0.751. The lowest BCUT2D eigenvalue weighted by atomic mass is 10.1. The number of carbonyl (C=O) groups excluding carboxylic acids is 1. The molecule has 0 aromatic carbocycles. The number of amides is 1. The van der Waals surface area contributed by atoms with Gasteiger partial charge in [-0.3, -0.25) is 4.79 Å². The molecule has 0 saturated heterocycles. The minimum absolute atomic E-state index is 0.0761. The van der Waals surface area contributed by atoms with Crippen LogP contribution in [0.2, 0.25) is 0 Å². The molecule has 1 heterocycles. The summed E-state index contributed by atoms with van der Waals surface area (Å²) < 4.78 is 0. The van der Waals surface area contributed by atoms with Gasteiger partial charge in [0.05, 0.1) is 0 Å². The van der Waals surface area contributed by atoms with Gasteiger partial charge in [0, 0.05) is 13.1 Å². The molecule has 0 radical (unpaired) electrons. The Morgan fingerprint density at radius 2 is 2.31 bits per heavy atom. The van der Waals surface area contributed by atoms with Crippen molar-refractivity contribution in [3.8, 4) is 0 Å². The highest BCUT2D eigenvalue weighted by molar-refractivity contribution is 5.88. The Labute approximate surface area is 78.2 Å². The highest BCUT2D eigenvalue weighted by Crippen LogP contribution is 2.16. The van der Waals surface area contributed by atoms with Crippen molar-refractivity contribution in [1.82, 2.24) is 4.98 Å². The Morgan fingerprint density at radius 3 is 2.85 bits per heavy atom. The predicted octanol–water partition coefficient (Wildman–Crippen LogP) is 1.91. The average Bonchev–Trinajstić information content (AvgIpc) is 2.03. The van der Waals surface area contributed by atoms with Crippen LogP contribution in [0.25, 0.3) is 0 Å². The largest absolute Gasteiger partial charge is 0.311 e. The van der Waals surface area contributed by atoms with E-state index < -0.39 is 0 Å². The zero-order valence-corrected chi connectivity index (χ0v) is 8.22. The van der Waals surface area contributed by atoms with E-state index in [1.807, 2.05) is 13.0 Å². The molecule has 1 aromatic heterocycles. The Morgan fingerprint density at radius 1 is 1.62 bits per heavy atom. The van der Waals surface area contributed by atoms with Crippen LogP contribution in [0.5, 0.6) is 0 Å². The van der Waals surface area contributed by atoms with Crippen molar-refractivity contribution >= 4 is 11.7 Å². The highest BCUT2D eigenvalue weighted by Gasteiger charge is 2.05. The lowest BCUT2D eigenvalue weighted by Gasteiger charge is -2.08. The van der Waals surface area contributed by atoms with E-state index in [9.17, 15) is 4.79 Å². The number of rotatable bonds is 2. The second-order valence-electron chi connectivity index (χ2n) is 2.99. The van der Waals surface area contributed by atoms with E-state index in [4.69, 9.17) is 0 Å². The smallest absolute Gasteiger partial charge is 0.222 e. The number of aromatic nitrogens is 1. The summed E-state index contributed by atoms with van der Waals surface area (Å²) in [6, 6.07) is 1.95. The molecule has 1 rings (SSSR count). The molecule has 0 atom stereocenters. The Balaban J connectivity index is 3.05. The van der Waals surface area contributed by atoms with Gasteiger partial charge in [0.15, 0.2) is 0 Å². The van der Waals surface area contributed by atoms with Crippen molar-refractivity contribution in [1.29, 1.82) is 0 Å². The average molecular weight is 178 g/mol. The monoisotopic (exact) mass is 178 g/mol. The number of pyridine rings is 1. The van der Waals surface area contributed by atoms with Gasteiger partial charge < -0.3 is 5.32 Å². The molecule has 0 saturated carbocycles. The van der Waals surface area contributed by atoms with Gasteiger partial charge in [-0.1, -0.05) is 6.92 Å². The standard InChI is InChI=1S/C10H14N2O/c1-4-9-7(2)5-6-11-10(9)12-8(3)13/h5-6H,4H2,1-3H3,(H,11,12,13). The zero-order chi connectivity index (χ0) is 9.84. The third-order valence-corrected chi connectivity index (χ3v) is 1.94. The lowest BCUT2D eigenvalue weighted by Crippen LogP contribution is -2.10. The molecule has 1 aromatic rings.